The zero-order valence-electron chi connectivity index (χ0n) is 7.36. The van der Waals surface area contributed by atoms with Gasteiger partial charge in [-0.3, -0.25) is 0 Å². The number of rotatable bonds is 2. The van der Waals surface area contributed by atoms with Crippen molar-refractivity contribution in [1.82, 2.24) is 25.9 Å². The Balaban J connectivity index is 0.000000845. The molecule has 0 amide bonds. The molecule has 2 N–H and O–H groups in total. The summed E-state index contributed by atoms with van der Waals surface area (Å²) in [6.45, 7) is 2.25. The van der Waals surface area contributed by atoms with Crippen molar-refractivity contribution in [2.24, 2.45) is 5.92 Å². The second-order valence-electron chi connectivity index (χ2n) is 3.23. The number of H-pyrrole nitrogens is 1. The summed E-state index contributed by atoms with van der Waals surface area (Å²) in [6.07, 6.45) is 3.43. The summed E-state index contributed by atoms with van der Waals surface area (Å²) in [6, 6.07) is 0. The Hall–Kier alpha value is -0.680. The van der Waals surface area contributed by atoms with E-state index in [0.29, 0.717) is 0 Å². The van der Waals surface area contributed by atoms with Crippen LogP contribution in [0.25, 0.3) is 0 Å². The van der Waals surface area contributed by atoms with Crippen molar-refractivity contribution < 1.29 is 0 Å². The Labute approximate surface area is 83.1 Å². The van der Waals surface area contributed by atoms with Gasteiger partial charge < -0.3 is 5.32 Å². The molecule has 1 aromatic heterocycles. The Bertz CT molecular complexity index is 219. The predicted octanol–water partition coefficient (Wildman–Crippen LogP) is 0.164. The third-order valence-corrected chi connectivity index (χ3v) is 2.32. The Morgan fingerprint density at radius 2 is 2.08 bits per heavy atom. The summed E-state index contributed by atoms with van der Waals surface area (Å²) in [5.74, 6) is 1.59. The molecule has 0 bridgehead atoms. The lowest BCUT2D eigenvalue weighted by Crippen LogP contribution is -2.28. The van der Waals surface area contributed by atoms with Gasteiger partial charge in [-0.15, -0.1) is 22.6 Å². The number of hydrogen-bond acceptors (Lipinski definition) is 4. The first-order chi connectivity index (χ1) is 5.95. The van der Waals surface area contributed by atoms with Gasteiger partial charge in [0.2, 0.25) is 0 Å². The predicted molar refractivity (Wildman–Crippen MR) is 50.7 cm³/mol. The molecule has 1 fully saturated rings. The van der Waals surface area contributed by atoms with E-state index < -0.39 is 0 Å². The maximum atomic E-state index is 3.94. The molecule has 0 atom stereocenters. The van der Waals surface area contributed by atoms with Crippen molar-refractivity contribution in [2.45, 2.75) is 19.3 Å². The topological polar surface area (TPSA) is 66.5 Å². The first-order valence-electron chi connectivity index (χ1n) is 4.38. The molecular weight excluding hydrogens is 190 g/mol. The lowest BCUT2D eigenvalue weighted by atomic mass is 9.94. The minimum atomic E-state index is 0. The number of hydrogen-bond donors (Lipinski definition) is 2. The average Bonchev–Trinajstić information content (AvgIpc) is 2.59. The van der Waals surface area contributed by atoms with E-state index in [-0.39, 0.29) is 12.4 Å². The largest absolute Gasteiger partial charge is 0.317 e. The lowest BCUT2D eigenvalue weighted by molar-refractivity contribution is 0.367. The highest BCUT2D eigenvalue weighted by Crippen LogP contribution is 2.14. The van der Waals surface area contributed by atoms with Gasteiger partial charge in [0.1, 0.15) is 0 Å². The molecule has 0 aliphatic carbocycles. The smallest absolute Gasteiger partial charge is 0.174 e. The lowest BCUT2D eigenvalue weighted by Gasteiger charge is -2.20. The van der Waals surface area contributed by atoms with Crippen LogP contribution in [0.2, 0.25) is 0 Å². The van der Waals surface area contributed by atoms with Crippen LogP contribution < -0.4 is 5.32 Å². The highest BCUT2D eigenvalue weighted by atomic mass is 35.5. The number of aromatic amines is 1. The van der Waals surface area contributed by atoms with Gasteiger partial charge in [0.15, 0.2) is 5.82 Å². The van der Waals surface area contributed by atoms with E-state index in [4.69, 9.17) is 0 Å². The van der Waals surface area contributed by atoms with Gasteiger partial charge in [0, 0.05) is 6.42 Å². The molecule has 1 aliphatic rings. The van der Waals surface area contributed by atoms with Crippen LogP contribution in [-0.4, -0.2) is 33.7 Å². The molecule has 0 spiro atoms. The highest BCUT2D eigenvalue weighted by Gasteiger charge is 2.15. The molecule has 74 valence electrons. The quantitative estimate of drug-likeness (QED) is 0.719. The van der Waals surface area contributed by atoms with Crippen LogP contribution in [0.5, 0.6) is 0 Å². The third-order valence-electron chi connectivity index (χ3n) is 2.32. The molecule has 5 nitrogen and oxygen atoms in total. The number of nitrogens with zero attached hydrogens (tertiary/aromatic N) is 3. The summed E-state index contributed by atoms with van der Waals surface area (Å²) in [5, 5.41) is 17.2. The van der Waals surface area contributed by atoms with E-state index in [1.165, 1.54) is 12.8 Å². The van der Waals surface area contributed by atoms with Crippen molar-refractivity contribution in [3.05, 3.63) is 5.82 Å². The molecule has 0 saturated carbocycles. The Kier molecular flexibility index (Phi) is 4.11. The number of halogens is 1. The zero-order valence-corrected chi connectivity index (χ0v) is 8.18. The normalized spacial score (nSPS) is 18.2. The van der Waals surface area contributed by atoms with E-state index in [0.717, 1.165) is 31.3 Å². The fourth-order valence-electron chi connectivity index (χ4n) is 1.61. The summed E-state index contributed by atoms with van der Waals surface area (Å²) in [5.41, 5.74) is 0. The number of piperidine rings is 1. The van der Waals surface area contributed by atoms with Crippen LogP contribution in [0.1, 0.15) is 18.7 Å². The molecule has 0 radical (unpaired) electrons. The molecular formula is C7H14ClN5. The second-order valence-corrected chi connectivity index (χ2v) is 3.23. The van der Waals surface area contributed by atoms with Crippen LogP contribution in [-0.2, 0) is 6.42 Å². The molecule has 2 heterocycles. The van der Waals surface area contributed by atoms with Crippen LogP contribution in [0, 0.1) is 5.92 Å². The standard InChI is InChI=1S/C7H13N5.ClH/c1-3-8-4-2-6(1)5-7-9-11-12-10-7;/h6,8H,1-5H2,(H,9,10,11,12);1H. The summed E-state index contributed by atoms with van der Waals surface area (Å²) < 4.78 is 0. The van der Waals surface area contributed by atoms with E-state index in [1.54, 1.807) is 0 Å². The second kappa shape index (κ2) is 5.14. The number of nitrogens with one attached hydrogen (secondary N) is 2. The van der Waals surface area contributed by atoms with Crippen molar-refractivity contribution in [3.63, 3.8) is 0 Å². The van der Waals surface area contributed by atoms with E-state index >= 15 is 0 Å². The van der Waals surface area contributed by atoms with E-state index in [2.05, 4.69) is 25.9 Å². The Morgan fingerprint density at radius 1 is 1.31 bits per heavy atom. The van der Waals surface area contributed by atoms with E-state index in [1.807, 2.05) is 0 Å². The van der Waals surface area contributed by atoms with Gasteiger partial charge in [0.05, 0.1) is 0 Å². The minimum Gasteiger partial charge on any atom is -0.317 e. The summed E-state index contributed by atoms with van der Waals surface area (Å²) >= 11 is 0. The maximum Gasteiger partial charge on any atom is 0.174 e. The van der Waals surface area contributed by atoms with Crippen LogP contribution in [0.3, 0.4) is 0 Å². The van der Waals surface area contributed by atoms with Crippen molar-refractivity contribution in [2.75, 3.05) is 13.1 Å². The van der Waals surface area contributed by atoms with Crippen LogP contribution >= 0.6 is 12.4 Å². The molecule has 0 unspecified atom stereocenters. The highest BCUT2D eigenvalue weighted by molar-refractivity contribution is 5.85. The van der Waals surface area contributed by atoms with Gasteiger partial charge in [-0.1, -0.05) is 5.21 Å². The summed E-state index contributed by atoms with van der Waals surface area (Å²) in [4.78, 5) is 0. The van der Waals surface area contributed by atoms with Crippen molar-refractivity contribution in [1.29, 1.82) is 0 Å². The van der Waals surface area contributed by atoms with Crippen LogP contribution in [0.15, 0.2) is 0 Å². The molecule has 1 aliphatic heterocycles. The molecule has 13 heavy (non-hydrogen) atoms. The van der Waals surface area contributed by atoms with Gasteiger partial charge in [-0.05, 0) is 31.8 Å². The summed E-state index contributed by atoms with van der Waals surface area (Å²) in [7, 11) is 0. The zero-order chi connectivity index (χ0) is 8.23. The minimum absolute atomic E-state index is 0. The van der Waals surface area contributed by atoms with Gasteiger partial charge in [0.25, 0.3) is 0 Å². The maximum absolute atomic E-state index is 3.94. The number of aromatic nitrogens is 4. The molecule has 1 saturated heterocycles. The molecule has 2 rings (SSSR count). The molecule has 1 aromatic rings. The van der Waals surface area contributed by atoms with Gasteiger partial charge in [-0.2, -0.15) is 5.21 Å². The Morgan fingerprint density at radius 3 is 2.69 bits per heavy atom. The first kappa shape index (κ1) is 10.4. The molecule has 6 heteroatoms. The monoisotopic (exact) mass is 203 g/mol. The first-order valence-corrected chi connectivity index (χ1v) is 4.38. The fourth-order valence-corrected chi connectivity index (χ4v) is 1.61. The number of tetrazole rings is 1. The van der Waals surface area contributed by atoms with Crippen molar-refractivity contribution in [3.8, 4) is 0 Å². The van der Waals surface area contributed by atoms with Crippen LogP contribution in [0.4, 0.5) is 0 Å². The van der Waals surface area contributed by atoms with E-state index in [9.17, 15) is 0 Å². The SMILES string of the molecule is C1CC(Cc2nn[nH]n2)CCN1.Cl. The third kappa shape index (κ3) is 2.93. The van der Waals surface area contributed by atoms with Gasteiger partial charge in [-0.25, -0.2) is 0 Å². The van der Waals surface area contributed by atoms with Crippen molar-refractivity contribution >= 4 is 12.4 Å². The fraction of sp³-hybridized carbons (Fsp3) is 0.857. The van der Waals surface area contributed by atoms with Gasteiger partial charge >= 0.3 is 0 Å². The average molecular weight is 204 g/mol. The molecule has 0 aromatic carbocycles.